The second-order valence-electron chi connectivity index (χ2n) is 4.29. The Kier molecular flexibility index (Phi) is 4.88. The maximum absolute atomic E-state index is 12.9. The second kappa shape index (κ2) is 6.64. The van der Waals surface area contributed by atoms with Crippen molar-refractivity contribution < 1.29 is 8.78 Å². The third-order valence-electron chi connectivity index (χ3n) is 2.83. The Labute approximate surface area is 116 Å². The molecule has 0 unspecified atom stereocenters. The van der Waals surface area contributed by atoms with Gasteiger partial charge in [0.25, 0.3) is 0 Å². The molecular formula is C15H14ClF2N. The van der Waals surface area contributed by atoms with Gasteiger partial charge in [0.15, 0.2) is 0 Å². The number of hydrogen-bond acceptors (Lipinski definition) is 1. The molecule has 4 heteroatoms. The van der Waals surface area contributed by atoms with Gasteiger partial charge >= 0.3 is 0 Å². The minimum atomic E-state index is -0.333. The Hall–Kier alpha value is -1.45. The Balaban J connectivity index is 1.79. The molecule has 2 aromatic rings. The monoisotopic (exact) mass is 281 g/mol. The lowest BCUT2D eigenvalue weighted by Gasteiger charge is -2.07. The number of rotatable bonds is 5. The summed E-state index contributed by atoms with van der Waals surface area (Å²) in [6.07, 6.45) is 0.805. The summed E-state index contributed by atoms with van der Waals surface area (Å²) in [7, 11) is 0. The van der Waals surface area contributed by atoms with Crippen molar-refractivity contribution in [2.75, 3.05) is 6.54 Å². The van der Waals surface area contributed by atoms with Crippen molar-refractivity contribution in [2.24, 2.45) is 0 Å². The Morgan fingerprint density at radius 1 is 0.947 bits per heavy atom. The van der Waals surface area contributed by atoms with E-state index in [4.69, 9.17) is 11.6 Å². The van der Waals surface area contributed by atoms with Gasteiger partial charge in [0.05, 0.1) is 0 Å². The lowest BCUT2D eigenvalue weighted by molar-refractivity contribution is 0.623. The highest BCUT2D eigenvalue weighted by atomic mass is 35.5. The van der Waals surface area contributed by atoms with E-state index in [-0.39, 0.29) is 11.6 Å². The predicted octanol–water partition coefficient (Wildman–Crippen LogP) is 3.95. The molecule has 0 amide bonds. The normalized spacial score (nSPS) is 10.7. The molecule has 0 heterocycles. The average molecular weight is 282 g/mol. The first-order valence-electron chi connectivity index (χ1n) is 6.04. The fourth-order valence-corrected chi connectivity index (χ4v) is 2.01. The molecule has 0 radical (unpaired) electrons. The topological polar surface area (TPSA) is 12.0 Å². The van der Waals surface area contributed by atoms with Gasteiger partial charge in [0.2, 0.25) is 0 Å². The maximum Gasteiger partial charge on any atom is 0.124 e. The molecule has 0 bridgehead atoms. The van der Waals surface area contributed by atoms with Crippen LogP contribution >= 0.6 is 11.6 Å². The van der Waals surface area contributed by atoms with Crippen LogP contribution in [-0.4, -0.2) is 6.54 Å². The highest BCUT2D eigenvalue weighted by Crippen LogP contribution is 2.16. The zero-order valence-corrected chi connectivity index (χ0v) is 11.1. The molecule has 2 aromatic carbocycles. The van der Waals surface area contributed by atoms with E-state index >= 15 is 0 Å². The largest absolute Gasteiger partial charge is 0.312 e. The third kappa shape index (κ3) is 4.30. The van der Waals surface area contributed by atoms with Crippen LogP contribution in [0.25, 0.3) is 0 Å². The zero-order valence-electron chi connectivity index (χ0n) is 10.3. The van der Waals surface area contributed by atoms with Gasteiger partial charge < -0.3 is 5.32 Å². The van der Waals surface area contributed by atoms with E-state index in [0.29, 0.717) is 11.6 Å². The molecule has 0 spiro atoms. The number of hydrogen-bond donors (Lipinski definition) is 1. The summed E-state index contributed by atoms with van der Waals surface area (Å²) in [4.78, 5) is 0. The Morgan fingerprint density at radius 3 is 2.32 bits per heavy atom. The maximum atomic E-state index is 12.9. The van der Waals surface area contributed by atoms with E-state index in [1.54, 1.807) is 18.2 Å². The van der Waals surface area contributed by atoms with Crippen LogP contribution in [0.15, 0.2) is 42.5 Å². The first kappa shape index (κ1) is 14.0. The predicted molar refractivity (Wildman–Crippen MR) is 73.2 cm³/mol. The molecular weight excluding hydrogens is 268 g/mol. The molecule has 0 atom stereocenters. The lowest BCUT2D eigenvalue weighted by atomic mass is 10.1. The highest BCUT2D eigenvalue weighted by Gasteiger charge is 2.01. The molecule has 0 aromatic heterocycles. The van der Waals surface area contributed by atoms with Crippen molar-refractivity contribution in [3.8, 4) is 0 Å². The van der Waals surface area contributed by atoms with Crippen LogP contribution < -0.4 is 5.32 Å². The SMILES string of the molecule is Fc1ccc(CCNCc2ccc(F)cc2Cl)cc1. The molecule has 19 heavy (non-hydrogen) atoms. The van der Waals surface area contributed by atoms with Crippen LogP contribution in [0.5, 0.6) is 0 Å². The fraction of sp³-hybridized carbons (Fsp3) is 0.200. The summed E-state index contributed by atoms with van der Waals surface area (Å²) >= 11 is 5.92. The summed E-state index contributed by atoms with van der Waals surface area (Å²) in [5, 5.41) is 3.65. The van der Waals surface area contributed by atoms with Gasteiger partial charge in [0.1, 0.15) is 11.6 Å². The Bertz CT molecular complexity index is 540. The minimum absolute atomic E-state index is 0.227. The van der Waals surface area contributed by atoms with Crippen molar-refractivity contribution >= 4 is 11.6 Å². The standard InChI is InChI=1S/C15H14ClF2N/c16-15-9-14(18)6-3-12(15)10-19-8-7-11-1-4-13(17)5-2-11/h1-6,9,19H,7-8,10H2. The minimum Gasteiger partial charge on any atom is -0.312 e. The van der Waals surface area contributed by atoms with E-state index in [0.717, 1.165) is 24.1 Å². The molecule has 1 N–H and O–H groups in total. The summed E-state index contributed by atoms with van der Waals surface area (Å²) in [6.45, 7) is 1.33. The van der Waals surface area contributed by atoms with Gasteiger partial charge in [0, 0.05) is 11.6 Å². The number of benzene rings is 2. The van der Waals surface area contributed by atoms with Gasteiger partial charge in [-0.3, -0.25) is 0 Å². The molecule has 0 aliphatic rings. The summed E-state index contributed by atoms with van der Waals surface area (Å²) in [6, 6.07) is 10.8. The van der Waals surface area contributed by atoms with Crippen molar-refractivity contribution in [2.45, 2.75) is 13.0 Å². The molecule has 1 nitrogen and oxygen atoms in total. The first-order chi connectivity index (χ1) is 9.15. The molecule has 0 aliphatic heterocycles. The van der Waals surface area contributed by atoms with Crippen LogP contribution in [0, 0.1) is 11.6 Å². The third-order valence-corrected chi connectivity index (χ3v) is 3.19. The van der Waals surface area contributed by atoms with Crippen LogP contribution in [0.2, 0.25) is 5.02 Å². The van der Waals surface area contributed by atoms with E-state index < -0.39 is 0 Å². The first-order valence-corrected chi connectivity index (χ1v) is 6.42. The van der Waals surface area contributed by atoms with E-state index in [9.17, 15) is 8.78 Å². The van der Waals surface area contributed by atoms with Gasteiger partial charge in [-0.2, -0.15) is 0 Å². The zero-order chi connectivity index (χ0) is 13.7. The van der Waals surface area contributed by atoms with Gasteiger partial charge in [-0.05, 0) is 48.4 Å². The van der Waals surface area contributed by atoms with Crippen LogP contribution in [-0.2, 0) is 13.0 Å². The molecule has 2 rings (SSSR count). The average Bonchev–Trinajstić information content (AvgIpc) is 2.39. The quantitative estimate of drug-likeness (QED) is 0.818. The smallest absolute Gasteiger partial charge is 0.124 e. The number of halogens is 3. The van der Waals surface area contributed by atoms with Gasteiger partial charge in [-0.15, -0.1) is 0 Å². The van der Waals surface area contributed by atoms with Gasteiger partial charge in [-0.25, -0.2) is 8.78 Å². The van der Waals surface area contributed by atoms with Crippen molar-refractivity contribution in [3.05, 3.63) is 70.2 Å². The molecule has 100 valence electrons. The van der Waals surface area contributed by atoms with Gasteiger partial charge in [-0.1, -0.05) is 29.8 Å². The van der Waals surface area contributed by atoms with E-state index in [2.05, 4.69) is 5.32 Å². The van der Waals surface area contributed by atoms with Crippen LogP contribution in [0.4, 0.5) is 8.78 Å². The van der Waals surface area contributed by atoms with E-state index in [1.807, 2.05) is 0 Å². The van der Waals surface area contributed by atoms with Crippen molar-refractivity contribution in [1.29, 1.82) is 0 Å². The van der Waals surface area contributed by atoms with Crippen LogP contribution in [0.1, 0.15) is 11.1 Å². The van der Waals surface area contributed by atoms with E-state index in [1.165, 1.54) is 24.3 Å². The number of nitrogens with one attached hydrogen (secondary N) is 1. The molecule has 0 saturated carbocycles. The van der Waals surface area contributed by atoms with Crippen molar-refractivity contribution in [3.63, 3.8) is 0 Å². The molecule has 0 aliphatic carbocycles. The summed E-state index contributed by atoms with van der Waals surface area (Å²) in [5.41, 5.74) is 1.93. The highest BCUT2D eigenvalue weighted by molar-refractivity contribution is 6.31. The van der Waals surface area contributed by atoms with Crippen molar-refractivity contribution in [1.82, 2.24) is 5.32 Å². The Morgan fingerprint density at radius 2 is 1.63 bits per heavy atom. The fourth-order valence-electron chi connectivity index (χ4n) is 1.77. The summed E-state index contributed by atoms with van der Waals surface area (Å²) in [5.74, 6) is -0.560. The molecule has 0 saturated heterocycles. The lowest BCUT2D eigenvalue weighted by Crippen LogP contribution is -2.16. The molecule has 0 fully saturated rings. The second-order valence-corrected chi connectivity index (χ2v) is 4.70. The van der Waals surface area contributed by atoms with Crippen LogP contribution in [0.3, 0.4) is 0 Å². The summed E-state index contributed by atoms with van der Waals surface area (Å²) < 4.78 is 25.6.